The van der Waals surface area contributed by atoms with Crippen LogP contribution in [0.2, 0.25) is 0 Å². The van der Waals surface area contributed by atoms with Gasteiger partial charge in [-0.15, -0.1) is 0 Å². The summed E-state index contributed by atoms with van der Waals surface area (Å²) in [6.07, 6.45) is -0.826. The van der Waals surface area contributed by atoms with Crippen LogP contribution in [0.5, 0.6) is 5.75 Å². The highest BCUT2D eigenvalue weighted by atomic mass is 32.2. The van der Waals surface area contributed by atoms with Crippen molar-refractivity contribution < 1.29 is 52.3 Å². The molecule has 4 N–H and O–H groups in total. The van der Waals surface area contributed by atoms with Gasteiger partial charge in [-0.05, 0) is 24.3 Å². The Morgan fingerprint density at radius 3 is 2.04 bits per heavy atom. The third-order valence-corrected chi connectivity index (χ3v) is 10.7. The van der Waals surface area contributed by atoms with Crippen molar-refractivity contribution in [1.82, 2.24) is 15.0 Å². The maximum atomic E-state index is 14.3. The molecule has 0 spiro atoms. The van der Waals surface area contributed by atoms with Crippen LogP contribution in [0.4, 0.5) is 42.1 Å². The van der Waals surface area contributed by atoms with Gasteiger partial charge in [-0.25, -0.2) is 34.4 Å². The molecule has 0 radical (unpaired) electrons. The molecule has 56 heavy (non-hydrogen) atoms. The Morgan fingerprint density at radius 2 is 1.38 bits per heavy atom. The molecule has 0 saturated heterocycles. The normalized spacial score (nSPS) is 11.8. The van der Waals surface area contributed by atoms with Gasteiger partial charge in [0.15, 0.2) is 24.0 Å². The van der Waals surface area contributed by atoms with Gasteiger partial charge in [0, 0.05) is 58.5 Å². The zero-order chi connectivity index (χ0) is 40.6. The molecule has 0 bridgehead atoms. The van der Waals surface area contributed by atoms with Crippen LogP contribution in [0.1, 0.15) is 11.1 Å². The van der Waals surface area contributed by atoms with Gasteiger partial charge >= 0.3 is 6.18 Å². The molecule has 12 nitrogen and oxygen atoms in total. The highest BCUT2D eigenvalue weighted by molar-refractivity contribution is 7.93. The number of pyridine rings is 1. The second-order valence-corrected chi connectivity index (χ2v) is 14.8. The van der Waals surface area contributed by atoms with Crippen LogP contribution in [0.15, 0.2) is 95.1 Å². The third-order valence-electron chi connectivity index (χ3n) is 7.92. The fourth-order valence-electron chi connectivity index (χ4n) is 5.37. The molecule has 3 heterocycles. The second-order valence-electron chi connectivity index (χ2n) is 11.5. The largest absolute Gasteiger partial charge is 0.476 e. The number of alkyl halides is 3. The Hall–Kier alpha value is -6.84. The Kier molecular flexibility index (Phi) is 10.3. The number of benzene rings is 4. The zero-order valence-corrected chi connectivity index (χ0v) is 29.3. The fourth-order valence-corrected chi connectivity index (χ4v) is 7.84. The van der Waals surface area contributed by atoms with Gasteiger partial charge in [0.2, 0.25) is 0 Å². The summed E-state index contributed by atoms with van der Waals surface area (Å²) in [5, 5.41) is 18.2. The lowest BCUT2D eigenvalue weighted by Gasteiger charge is -2.11. The number of hydrogen-bond donors (Lipinski definition) is 4. The Morgan fingerprint density at radius 1 is 0.750 bits per heavy atom. The van der Waals surface area contributed by atoms with E-state index in [-0.39, 0.29) is 15.8 Å². The SMILES string of the molecule is N#CCOc1cc(F)c(NS(=O)(=O)c2c[nH]c3c2ccc2cccnc23)cc1F.N#Cc1cc(F)c(NS(=O)(=O)c2c[nH]c3cc(C(F)(F)F)ccc23)cc1F. The average molecular weight is 816 g/mol. The highest BCUT2D eigenvalue weighted by Crippen LogP contribution is 2.34. The topological polar surface area (TPSA) is 194 Å². The van der Waals surface area contributed by atoms with Crippen LogP contribution in [0, 0.1) is 45.9 Å². The van der Waals surface area contributed by atoms with Crippen molar-refractivity contribution in [2.75, 3.05) is 16.1 Å². The van der Waals surface area contributed by atoms with Crippen LogP contribution in [0.3, 0.4) is 0 Å². The second kappa shape index (κ2) is 14.8. The van der Waals surface area contributed by atoms with Crippen LogP contribution >= 0.6 is 0 Å². The standard InChI is InChI=1S/C19H12F2N4O3S.C16H8F5N3O2S/c20-13-9-16(28-7-5-22)14(21)8-15(13)25-29(26,27)17-10-24-19-12(17)4-3-11-2-1-6-23-18(11)19;17-11-5-14(12(18)3-8(11)6-22)24-27(25,26)15-7-23-13-4-9(16(19,20)21)1-2-10(13)15/h1-4,6,8-10,24-25H,7H2;1-5,7,23-24H. The molecule has 7 aromatic rings. The fraction of sp³-hybridized carbons (Fsp3) is 0.0571. The zero-order valence-electron chi connectivity index (χ0n) is 27.6. The molecule has 0 amide bonds. The number of aromatic amines is 2. The summed E-state index contributed by atoms with van der Waals surface area (Å²) in [5.41, 5.74) is -1.92. The maximum absolute atomic E-state index is 14.3. The van der Waals surface area contributed by atoms with Gasteiger partial charge in [-0.1, -0.05) is 24.3 Å². The van der Waals surface area contributed by atoms with Gasteiger partial charge in [-0.3, -0.25) is 14.4 Å². The lowest BCUT2D eigenvalue weighted by Crippen LogP contribution is -2.14. The molecule has 0 saturated carbocycles. The number of nitrogens with one attached hydrogen (secondary N) is 4. The summed E-state index contributed by atoms with van der Waals surface area (Å²) in [5.74, 6) is -4.86. The lowest BCUT2D eigenvalue weighted by molar-refractivity contribution is -0.137. The molecule has 0 fully saturated rings. The number of H-pyrrole nitrogens is 2. The van der Waals surface area contributed by atoms with E-state index in [0.29, 0.717) is 46.8 Å². The Labute approximate surface area is 310 Å². The maximum Gasteiger partial charge on any atom is 0.416 e. The predicted molar refractivity (Wildman–Crippen MR) is 187 cm³/mol. The monoisotopic (exact) mass is 815 g/mol. The van der Waals surface area contributed by atoms with Crippen LogP contribution in [0.25, 0.3) is 32.7 Å². The van der Waals surface area contributed by atoms with E-state index in [2.05, 4.69) is 15.0 Å². The smallest absolute Gasteiger partial charge is 0.416 e. The number of sulfonamides is 2. The summed E-state index contributed by atoms with van der Waals surface area (Å²) >= 11 is 0. The number of anilines is 2. The average Bonchev–Trinajstić information content (AvgIpc) is 3.79. The molecule has 0 aliphatic heterocycles. The summed E-state index contributed by atoms with van der Waals surface area (Å²) in [4.78, 5) is 8.96. The molecule has 0 unspecified atom stereocenters. The number of halogens is 7. The molecular weight excluding hydrogens is 796 g/mol. The quantitative estimate of drug-likeness (QED) is 0.111. The number of fused-ring (bicyclic) bond motifs is 4. The summed E-state index contributed by atoms with van der Waals surface area (Å²) < 4.78 is 153. The van der Waals surface area contributed by atoms with Crippen molar-refractivity contribution in [1.29, 1.82) is 10.5 Å². The van der Waals surface area contributed by atoms with E-state index in [1.807, 2.05) is 15.5 Å². The van der Waals surface area contributed by atoms with E-state index in [0.717, 1.165) is 23.7 Å². The van der Waals surface area contributed by atoms with Crippen molar-refractivity contribution in [3.05, 3.63) is 120 Å². The van der Waals surface area contributed by atoms with Gasteiger partial charge in [0.05, 0.1) is 33.5 Å². The molecule has 4 aromatic carbocycles. The summed E-state index contributed by atoms with van der Waals surface area (Å²) in [6, 6.07) is 14.7. The first kappa shape index (κ1) is 38.9. The van der Waals surface area contributed by atoms with E-state index in [4.69, 9.17) is 15.3 Å². The van der Waals surface area contributed by atoms with Crippen LogP contribution in [-0.4, -0.2) is 38.4 Å². The minimum Gasteiger partial charge on any atom is -0.476 e. The highest BCUT2D eigenvalue weighted by Gasteiger charge is 2.31. The number of nitriles is 2. The molecule has 21 heteroatoms. The van der Waals surface area contributed by atoms with Crippen molar-refractivity contribution in [3.8, 4) is 17.9 Å². The first-order valence-corrected chi connectivity index (χ1v) is 18.4. The lowest BCUT2D eigenvalue weighted by atomic mass is 10.1. The molecule has 0 aliphatic rings. The van der Waals surface area contributed by atoms with Crippen LogP contribution < -0.4 is 14.2 Å². The van der Waals surface area contributed by atoms with Crippen molar-refractivity contribution in [3.63, 3.8) is 0 Å². The van der Waals surface area contributed by atoms with Crippen molar-refractivity contribution in [2.45, 2.75) is 16.0 Å². The van der Waals surface area contributed by atoms with E-state index in [1.54, 1.807) is 30.5 Å². The van der Waals surface area contributed by atoms with E-state index in [1.165, 1.54) is 12.3 Å². The Bertz CT molecular complexity index is 2990. The number of ether oxygens (including phenoxy) is 1. The van der Waals surface area contributed by atoms with Gasteiger partial charge in [0.25, 0.3) is 20.0 Å². The first-order chi connectivity index (χ1) is 26.4. The molecule has 0 atom stereocenters. The first-order valence-electron chi connectivity index (χ1n) is 15.4. The van der Waals surface area contributed by atoms with Gasteiger partial charge in [0.1, 0.15) is 33.6 Å². The molecule has 0 aliphatic carbocycles. The minimum absolute atomic E-state index is 0.0648. The van der Waals surface area contributed by atoms with E-state index < -0.39 is 89.2 Å². The van der Waals surface area contributed by atoms with Gasteiger partial charge in [-0.2, -0.15) is 23.7 Å². The predicted octanol–water partition coefficient (Wildman–Crippen LogP) is 7.83. The molecule has 7 rings (SSSR count). The van der Waals surface area contributed by atoms with Crippen molar-refractivity contribution in [2.24, 2.45) is 0 Å². The molecular formula is C35H20F7N7O5S2. The van der Waals surface area contributed by atoms with Crippen LogP contribution in [-0.2, 0) is 26.2 Å². The van der Waals surface area contributed by atoms with E-state index >= 15 is 0 Å². The number of nitrogens with zero attached hydrogens (tertiary/aromatic N) is 3. The molecule has 3 aromatic heterocycles. The van der Waals surface area contributed by atoms with Crippen molar-refractivity contribution >= 4 is 64.1 Å². The Balaban J connectivity index is 0.000000190. The minimum atomic E-state index is -4.61. The van der Waals surface area contributed by atoms with Gasteiger partial charge < -0.3 is 14.7 Å². The summed E-state index contributed by atoms with van der Waals surface area (Å²) in [6.45, 7) is -0.473. The van der Waals surface area contributed by atoms with E-state index in [9.17, 15) is 47.6 Å². The number of rotatable bonds is 8. The summed E-state index contributed by atoms with van der Waals surface area (Å²) in [7, 11) is -8.70. The molecule has 286 valence electrons. The number of aromatic nitrogens is 3. The third kappa shape index (κ3) is 7.71. The number of hydrogen-bond acceptors (Lipinski definition) is 8.